The fourth-order valence-corrected chi connectivity index (χ4v) is 6.27. The molecular weight excluding hydrogens is 511 g/mol. The number of halogens is 2. The molecule has 0 saturated carbocycles. The molecule has 5 rings (SSSR count). The molecule has 0 spiro atoms. The van der Waals surface area contributed by atoms with Crippen LogP contribution in [0.2, 0.25) is 10.0 Å². The Hall–Kier alpha value is -3.14. The smallest absolute Gasteiger partial charge is 0.260 e. The van der Waals surface area contributed by atoms with Crippen molar-refractivity contribution in [2.45, 2.75) is 12.5 Å². The quantitative estimate of drug-likeness (QED) is 0.412. The molecule has 1 aliphatic heterocycles. The first kappa shape index (κ1) is 23.6. The summed E-state index contributed by atoms with van der Waals surface area (Å²) in [5.41, 5.74) is 3.24. The predicted octanol–water partition coefficient (Wildman–Crippen LogP) is 4.30. The van der Waals surface area contributed by atoms with E-state index < -0.39 is 21.8 Å². The second kappa shape index (κ2) is 9.14. The van der Waals surface area contributed by atoms with E-state index in [2.05, 4.69) is 15.4 Å². The molecule has 35 heavy (non-hydrogen) atoms. The number of nitrogens with zero attached hydrogens (tertiary/aromatic N) is 3. The van der Waals surface area contributed by atoms with E-state index in [9.17, 15) is 13.2 Å². The van der Waals surface area contributed by atoms with Gasteiger partial charge in [0.2, 0.25) is 5.88 Å². The maximum atomic E-state index is 13.3. The first-order valence-electron chi connectivity index (χ1n) is 10.8. The van der Waals surface area contributed by atoms with E-state index in [4.69, 9.17) is 27.9 Å². The van der Waals surface area contributed by atoms with Crippen molar-refractivity contribution >= 4 is 44.6 Å². The highest BCUT2D eigenvalue weighted by Gasteiger charge is 2.32. The molecule has 0 radical (unpaired) electrons. The molecule has 3 heterocycles. The number of carbonyl (C=O) groups is 1. The molecule has 8 nitrogen and oxygen atoms in total. The molecule has 1 atom stereocenters. The third-order valence-electron chi connectivity index (χ3n) is 5.88. The Kier molecular flexibility index (Phi) is 6.16. The summed E-state index contributed by atoms with van der Waals surface area (Å²) in [6.45, 7) is 0. The minimum absolute atomic E-state index is 0.0456. The van der Waals surface area contributed by atoms with Crippen LogP contribution >= 0.6 is 23.2 Å². The number of benzene rings is 2. The van der Waals surface area contributed by atoms with Crippen LogP contribution in [0, 0.1) is 0 Å². The molecule has 1 saturated heterocycles. The molecule has 180 valence electrons. The van der Waals surface area contributed by atoms with Crippen molar-refractivity contribution in [1.29, 1.82) is 0 Å². The number of ether oxygens (including phenoxy) is 1. The van der Waals surface area contributed by atoms with E-state index in [1.54, 1.807) is 28.9 Å². The van der Waals surface area contributed by atoms with Crippen LogP contribution in [0.25, 0.3) is 28.0 Å². The summed E-state index contributed by atoms with van der Waals surface area (Å²) >= 11 is 12.6. The lowest BCUT2D eigenvalue weighted by Crippen LogP contribution is -2.35. The number of methoxy groups -OCH3 is 1. The lowest BCUT2D eigenvalue weighted by atomic mass is 10.0. The fraction of sp³-hybridized carbons (Fsp3) is 0.208. The van der Waals surface area contributed by atoms with Gasteiger partial charge in [0.25, 0.3) is 5.91 Å². The highest BCUT2D eigenvalue weighted by Crippen LogP contribution is 2.37. The van der Waals surface area contributed by atoms with Crippen molar-refractivity contribution in [3.05, 3.63) is 70.3 Å². The zero-order valence-electron chi connectivity index (χ0n) is 18.5. The molecule has 1 N–H and O–H groups in total. The van der Waals surface area contributed by atoms with Crippen molar-refractivity contribution < 1.29 is 17.9 Å². The van der Waals surface area contributed by atoms with Gasteiger partial charge in [-0.15, -0.1) is 5.10 Å². The summed E-state index contributed by atoms with van der Waals surface area (Å²) in [5.74, 6) is -0.480. The number of hydrogen-bond donors (Lipinski definition) is 1. The fourth-order valence-electron chi connectivity index (χ4n) is 4.24. The molecule has 2 aromatic carbocycles. The van der Waals surface area contributed by atoms with Crippen LogP contribution in [-0.4, -0.2) is 53.6 Å². The van der Waals surface area contributed by atoms with E-state index in [1.165, 1.54) is 7.11 Å². The normalized spacial score (nSPS) is 16.9. The van der Waals surface area contributed by atoms with Gasteiger partial charge in [0.1, 0.15) is 5.56 Å². The molecule has 11 heteroatoms. The number of amides is 1. The highest BCUT2D eigenvalue weighted by atomic mass is 35.5. The summed E-state index contributed by atoms with van der Waals surface area (Å²) in [7, 11) is -1.75. The molecule has 1 aliphatic rings. The molecule has 4 aromatic rings. The summed E-state index contributed by atoms with van der Waals surface area (Å²) in [4.78, 5) is 17.8. The SMILES string of the molecule is COc1nn2c(-c3ccc(Cl)cc3)c(-c3ccccc3Cl)cnc2c1C(=O)NC1CCS(=O)(=O)C1. The number of hydrogen-bond acceptors (Lipinski definition) is 6. The molecule has 1 amide bonds. The molecule has 1 unspecified atom stereocenters. The molecule has 0 bridgehead atoms. The van der Waals surface area contributed by atoms with Gasteiger partial charge >= 0.3 is 0 Å². The summed E-state index contributed by atoms with van der Waals surface area (Å²) in [6.07, 6.45) is 1.99. The van der Waals surface area contributed by atoms with Gasteiger partial charge in [-0.25, -0.2) is 17.9 Å². The van der Waals surface area contributed by atoms with E-state index >= 15 is 0 Å². The Morgan fingerprint density at radius 3 is 2.51 bits per heavy atom. The monoisotopic (exact) mass is 530 g/mol. The van der Waals surface area contributed by atoms with Gasteiger partial charge in [0.15, 0.2) is 15.5 Å². The number of nitrogens with one attached hydrogen (secondary N) is 1. The first-order valence-corrected chi connectivity index (χ1v) is 13.3. The van der Waals surface area contributed by atoms with Crippen molar-refractivity contribution in [2.75, 3.05) is 18.6 Å². The van der Waals surface area contributed by atoms with Gasteiger partial charge in [0, 0.05) is 39.0 Å². The predicted molar refractivity (Wildman–Crippen MR) is 135 cm³/mol. The Morgan fingerprint density at radius 2 is 1.86 bits per heavy atom. The number of carbonyl (C=O) groups excluding carboxylic acids is 1. The van der Waals surface area contributed by atoms with Gasteiger partial charge in [0.05, 0.1) is 24.3 Å². The highest BCUT2D eigenvalue weighted by molar-refractivity contribution is 7.91. The Balaban J connectivity index is 1.70. The lowest BCUT2D eigenvalue weighted by Gasteiger charge is -2.14. The van der Waals surface area contributed by atoms with Crippen molar-refractivity contribution in [2.24, 2.45) is 0 Å². The van der Waals surface area contributed by atoms with Crippen LogP contribution in [0.1, 0.15) is 16.8 Å². The standard InChI is InChI=1S/C24H20Cl2N4O4S/c1-34-24-20(23(31)28-16-10-11-35(32,33)13-16)22-27-12-18(17-4-2-3-5-19(17)26)21(30(22)29-24)14-6-8-15(25)9-7-14/h2-9,12,16H,10-11,13H2,1H3,(H,28,31). The number of rotatable bonds is 5. The maximum Gasteiger partial charge on any atom is 0.260 e. The molecule has 1 fully saturated rings. The third-order valence-corrected chi connectivity index (χ3v) is 8.23. The minimum atomic E-state index is -3.16. The average Bonchev–Trinajstić information content (AvgIpc) is 3.38. The second-order valence-electron chi connectivity index (χ2n) is 8.20. The number of fused-ring (bicyclic) bond motifs is 1. The summed E-state index contributed by atoms with van der Waals surface area (Å²) in [5, 5.41) is 8.45. The van der Waals surface area contributed by atoms with Crippen LogP contribution in [0.4, 0.5) is 0 Å². The first-order chi connectivity index (χ1) is 16.8. The van der Waals surface area contributed by atoms with Gasteiger partial charge in [-0.05, 0) is 24.6 Å². The summed E-state index contributed by atoms with van der Waals surface area (Å²) in [6, 6.07) is 14.1. The van der Waals surface area contributed by atoms with E-state index in [-0.39, 0.29) is 28.6 Å². The zero-order valence-corrected chi connectivity index (χ0v) is 20.9. The Bertz CT molecular complexity index is 1550. The van der Waals surface area contributed by atoms with E-state index in [1.807, 2.05) is 30.3 Å². The van der Waals surface area contributed by atoms with Crippen LogP contribution in [0.5, 0.6) is 5.88 Å². The molecular formula is C24H20Cl2N4O4S. The number of aromatic nitrogens is 3. The number of sulfone groups is 1. The van der Waals surface area contributed by atoms with Gasteiger partial charge in [-0.3, -0.25) is 4.79 Å². The third kappa shape index (κ3) is 4.47. The van der Waals surface area contributed by atoms with E-state index in [0.717, 1.165) is 11.1 Å². The van der Waals surface area contributed by atoms with Crippen LogP contribution in [0.15, 0.2) is 54.7 Å². The zero-order chi connectivity index (χ0) is 24.7. The molecule has 0 aliphatic carbocycles. The lowest BCUT2D eigenvalue weighted by molar-refractivity contribution is 0.0939. The Labute approximate surface area is 211 Å². The average molecular weight is 531 g/mol. The van der Waals surface area contributed by atoms with Crippen molar-refractivity contribution in [1.82, 2.24) is 19.9 Å². The Morgan fingerprint density at radius 1 is 1.11 bits per heavy atom. The van der Waals surface area contributed by atoms with Gasteiger partial charge in [-0.2, -0.15) is 0 Å². The van der Waals surface area contributed by atoms with Gasteiger partial charge in [-0.1, -0.05) is 53.5 Å². The van der Waals surface area contributed by atoms with Crippen molar-refractivity contribution in [3.8, 4) is 28.3 Å². The minimum Gasteiger partial charge on any atom is -0.479 e. The van der Waals surface area contributed by atoms with Gasteiger partial charge < -0.3 is 10.1 Å². The van der Waals surface area contributed by atoms with Crippen LogP contribution < -0.4 is 10.1 Å². The largest absolute Gasteiger partial charge is 0.479 e. The van der Waals surface area contributed by atoms with Crippen LogP contribution in [-0.2, 0) is 9.84 Å². The summed E-state index contributed by atoms with van der Waals surface area (Å²) < 4.78 is 30.7. The molecule has 2 aromatic heterocycles. The second-order valence-corrected chi connectivity index (χ2v) is 11.3. The topological polar surface area (TPSA) is 103 Å². The van der Waals surface area contributed by atoms with Crippen molar-refractivity contribution in [3.63, 3.8) is 0 Å². The maximum absolute atomic E-state index is 13.3. The van der Waals surface area contributed by atoms with E-state index in [0.29, 0.717) is 27.7 Å². The van der Waals surface area contributed by atoms with Crippen LogP contribution in [0.3, 0.4) is 0 Å².